The van der Waals surface area contributed by atoms with E-state index < -0.39 is 104 Å². The first-order valence-electron chi connectivity index (χ1n) is 28.4. The van der Waals surface area contributed by atoms with E-state index in [0.717, 1.165) is 0 Å². The summed E-state index contributed by atoms with van der Waals surface area (Å²) in [5.74, 6) is -10.9. The van der Waals surface area contributed by atoms with Gasteiger partial charge in [0.25, 0.3) is 0 Å². The van der Waals surface area contributed by atoms with E-state index in [2.05, 4.69) is 20.8 Å². The van der Waals surface area contributed by atoms with E-state index in [4.69, 9.17) is 12.2 Å². The molecular weight excluding hydrogens is 1150 g/mol. The fourth-order valence-corrected chi connectivity index (χ4v) is 10.3. The summed E-state index contributed by atoms with van der Waals surface area (Å²) < 4.78 is 0. The monoisotopic (exact) mass is 1240 g/mol. The van der Waals surface area contributed by atoms with Crippen molar-refractivity contribution >= 4 is 88.5 Å². The highest BCUT2D eigenvalue weighted by molar-refractivity contribution is 7.78. The molecule has 2 heterocycles. The zero-order chi connectivity index (χ0) is 63.7. The molecule has 0 bridgehead atoms. The molecule has 1 aromatic carbocycles. The lowest BCUT2D eigenvalue weighted by Gasteiger charge is -2.35. The molecule has 0 saturated carbocycles. The van der Waals surface area contributed by atoms with Crippen molar-refractivity contribution < 1.29 is 93.6 Å². The molecule has 480 valence electrons. The molecule has 3 amide bonds. The van der Waals surface area contributed by atoms with Gasteiger partial charge in [-0.2, -0.15) is 4.99 Å². The van der Waals surface area contributed by atoms with Crippen molar-refractivity contribution in [3.63, 3.8) is 0 Å². The average Bonchev–Trinajstić information content (AvgIpc) is 3.52. The molecule has 3 rings (SSSR count). The Kier molecular flexibility index (Phi) is 33.6. The van der Waals surface area contributed by atoms with Crippen LogP contribution in [0.2, 0.25) is 0 Å². The number of isothiocyanates is 1. The quantitative estimate of drug-likeness (QED) is 0.0259. The summed E-state index contributed by atoms with van der Waals surface area (Å²) in [5.41, 5.74) is 1.21. The molecule has 0 radical (unpaired) electrons. The Morgan fingerprint density at radius 1 is 0.512 bits per heavy atom. The van der Waals surface area contributed by atoms with Crippen LogP contribution < -0.4 is 10.6 Å². The van der Waals surface area contributed by atoms with Gasteiger partial charge in [-0.3, -0.25) is 91.9 Å². The van der Waals surface area contributed by atoms with Crippen LogP contribution in [0.1, 0.15) is 51.0 Å². The van der Waals surface area contributed by atoms with Crippen LogP contribution >= 0.6 is 12.2 Å². The van der Waals surface area contributed by atoms with Crippen molar-refractivity contribution in [3.05, 3.63) is 29.8 Å². The van der Waals surface area contributed by atoms with E-state index in [1.54, 1.807) is 70.4 Å². The summed E-state index contributed by atoms with van der Waals surface area (Å²) in [4.78, 5) is 156. The van der Waals surface area contributed by atoms with Crippen molar-refractivity contribution in [2.45, 2.75) is 70.0 Å². The predicted octanol–water partition coefficient (Wildman–Crippen LogP) is -2.39. The number of aliphatic carboxylic acids is 8. The Labute approximate surface area is 503 Å². The first-order valence-corrected chi connectivity index (χ1v) is 28.8. The fraction of sp³-hybridized carbons (Fsp3) is 0.667. The van der Waals surface area contributed by atoms with E-state index in [1.807, 2.05) is 0 Å². The Hall–Kier alpha value is -7.13. The average molecular weight is 1240 g/mol. The van der Waals surface area contributed by atoms with Crippen molar-refractivity contribution in [1.82, 2.24) is 54.7 Å². The maximum absolute atomic E-state index is 14.1. The zero-order valence-electron chi connectivity index (χ0n) is 48.6. The summed E-state index contributed by atoms with van der Waals surface area (Å²) in [7, 11) is 0. The number of aliphatic imine (C=N–C) groups is 1. The highest BCUT2D eigenvalue weighted by atomic mass is 32.1. The van der Waals surface area contributed by atoms with Gasteiger partial charge in [-0.1, -0.05) is 19.1 Å². The largest absolute Gasteiger partial charge is 0.480 e. The third kappa shape index (κ3) is 30.3. The second-order valence-corrected chi connectivity index (χ2v) is 21.3. The summed E-state index contributed by atoms with van der Waals surface area (Å²) in [6.45, 7) is 0.236. The third-order valence-corrected chi connectivity index (χ3v) is 14.6. The number of rotatable bonds is 33. The van der Waals surface area contributed by atoms with E-state index in [9.17, 15) is 93.6 Å². The number of carboxylic acids is 8. The maximum Gasteiger partial charge on any atom is 0.320 e. The van der Waals surface area contributed by atoms with Crippen molar-refractivity contribution in [2.75, 3.05) is 164 Å². The number of nitrogens with one attached hydrogen (secondary N) is 2. The van der Waals surface area contributed by atoms with Crippen LogP contribution in [0.4, 0.5) is 5.69 Å². The summed E-state index contributed by atoms with van der Waals surface area (Å²) in [5, 5.41) is 86.8. The Morgan fingerprint density at radius 3 is 1.16 bits per heavy atom. The lowest BCUT2D eigenvalue weighted by molar-refractivity contribution is -0.145. The van der Waals surface area contributed by atoms with Crippen LogP contribution in [0.3, 0.4) is 0 Å². The Balaban J connectivity index is 1.83. The number of carboxylic acid groups (broad SMARTS) is 8. The van der Waals surface area contributed by atoms with E-state index >= 15 is 0 Å². The molecule has 1 aromatic rings. The fourth-order valence-electron chi connectivity index (χ4n) is 10.2. The minimum atomic E-state index is -1.31. The van der Waals surface area contributed by atoms with Crippen LogP contribution in [0.25, 0.3) is 0 Å². The SMILES string of the molecule is CCCC(=O)N(CCNC(=O)CC[C@@H](C(=O)O)N1CCN(CC(=O)O)CCN(CC(=O)O)CCN(CC(=O)O)CC1)C[C@H](Cc1ccc(N=C=S)cc1)NC(=O)CC[C@@H](C(=O)O)N1CCN(CC(=O)O)CCN(CC(=O)O)CCN(CC(=O)O)CC1. The second-order valence-electron chi connectivity index (χ2n) is 21.2. The Morgan fingerprint density at radius 2 is 0.849 bits per heavy atom. The number of benzene rings is 1. The van der Waals surface area contributed by atoms with Crippen molar-refractivity contribution in [1.29, 1.82) is 0 Å². The second kappa shape index (κ2) is 39.5. The molecule has 3 atom stereocenters. The number of hydrogen-bond acceptors (Lipinski definition) is 21. The van der Waals surface area contributed by atoms with Gasteiger partial charge < -0.3 is 56.4 Å². The van der Waals surface area contributed by atoms with E-state index in [0.29, 0.717) is 17.7 Å². The topological polar surface area (TPSA) is 415 Å². The van der Waals surface area contributed by atoms with Crippen LogP contribution in [-0.4, -0.2) is 337 Å². The van der Waals surface area contributed by atoms with Gasteiger partial charge in [0.15, 0.2) is 0 Å². The van der Waals surface area contributed by atoms with Gasteiger partial charge in [0.1, 0.15) is 12.1 Å². The van der Waals surface area contributed by atoms with E-state index in [1.165, 1.54) is 4.90 Å². The maximum atomic E-state index is 14.1. The van der Waals surface area contributed by atoms with E-state index in [-0.39, 0.29) is 182 Å². The van der Waals surface area contributed by atoms with Gasteiger partial charge in [-0.05, 0) is 55.6 Å². The molecule has 2 saturated heterocycles. The molecular formula is C54H84N12O19S. The highest BCUT2D eigenvalue weighted by Crippen LogP contribution is 2.17. The van der Waals surface area contributed by atoms with Gasteiger partial charge in [0, 0.05) is 144 Å². The highest BCUT2D eigenvalue weighted by Gasteiger charge is 2.32. The molecule has 2 fully saturated rings. The number of thiocarbonyl (C=S) groups is 1. The van der Waals surface area contributed by atoms with Gasteiger partial charge >= 0.3 is 47.8 Å². The lowest BCUT2D eigenvalue weighted by atomic mass is 10.0. The number of hydrogen-bond donors (Lipinski definition) is 10. The summed E-state index contributed by atoms with van der Waals surface area (Å²) >= 11 is 4.74. The predicted molar refractivity (Wildman–Crippen MR) is 310 cm³/mol. The molecule has 32 heteroatoms. The minimum absolute atomic E-state index is 0.00481. The van der Waals surface area contributed by atoms with Crippen molar-refractivity contribution in [3.8, 4) is 0 Å². The normalized spacial score (nSPS) is 17.7. The molecule has 0 aromatic heterocycles. The van der Waals surface area contributed by atoms with Gasteiger partial charge in [-0.15, -0.1) is 0 Å². The number of amides is 3. The molecule has 0 unspecified atom stereocenters. The molecule has 86 heavy (non-hydrogen) atoms. The van der Waals surface area contributed by atoms with Gasteiger partial charge in [0.05, 0.1) is 56.2 Å². The number of nitrogens with zero attached hydrogens (tertiary/aromatic N) is 10. The number of carbonyl (C=O) groups excluding carboxylic acids is 3. The molecule has 2 aliphatic rings. The standard InChI is InChI=1S/C54H84N12O19S/c1-2-3-46(69)66(13-12-55-44(67)10-8-42(53(82)83)64-26-22-60(34-49(74)75)18-14-58(32-47(70)71)15-19-61(23-27-64)35-50(76)77)31-41(30-39-4-6-40(7-5-39)56-38-86)57-45(68)11-9-43(54(84)85)65-28-24-62(36-51(78)79)20-16-59(33-48(72)73)17-21-63(25-29-65)37-52(80)81/h4-7,41-43H,2-3,8-37H2,1H3,(H,55,67)(H,57,68)(H,70,71)(H,72,73)(H,74,75)(H,76,77)(H,78,79)(H,80,81)(H,82,83)(H,84,85)/t41-,42-,43-/m0/s1. The lowest BCUT2D eigenvalue weighted by Crippen LogP contribution is -2.52. The van der Waals surface area contributed by atoms with Gasteiger partial charge in [0.2, 0.25) is 17.7 Å². The summed E-state index contributed by atoms with van der Waals surface area (Å²) in [6, 6.07) is 3.45. The van der Waals surface area contributed by atoms with Crippen LogP contribution in [0.15, 0.2) is 29.3 Å². The first-order chi connectivity index (χ1) is 40.8. The first kappa shape index (κ1) is 73.1. The molecule has 31 nitrogen and oxygen atoms in total. The zero-order valence-corrected chi connectivity index (χ0v) is 49.4. The minimum Gasteiger partial charge on any atom is -0.480 e. The Bertz CT molecular complexity index is 2410. The molecule has 10 N–H and O–H groups in total. The van der Waals surface area contributed by atoms with Gasteiger partial charge in [-0.25, -0.2) is 0 Å². The summed E-state index contributed by atoms with van der Waals surface area (Å²) in [6.07, 6.45) is -0.403. The third-order valence-electron chi connectivity index (χ3n) is 14.6. The van der Waals surface area contributed by atoms with Crippen LogP contribution in [0, 0.1) is 0 Å². The smallest absolute Gasteiger partial charge is 0.320 e. The molecule has 2 aliphatic heterocycles. The van der Waals surface area contributed by atoms with Crippen LogP contribution in [-0.2, 0) is 59.2 Å². The molecule has 0 spiro atoms. The number of carbonyl (C=O) groups is 11. The van der Waals surface area contributed by atoms with Crippen LogP contribution in [0.5, 0.6) is 0 Å². The van der Waals surface area contributed by atoms with Crippen molar-refractivity contribution in [2.24, 2.45) is 4.99 Å². The molecule has 0 aliphatic carbocycles.